The molecule has 2 atom stereocenters. The third-order valence-corrected chi connectivity index (χ3v) is 2.76. The molecule has 1 heterocycles. The van der Waals surface area contributed by atoms with Gasteiger partial charge in [0, 0.05) is 0 Å². The summed E-state index contributed by atoms with van der Waals surface area (Å²) in [5.41, 5.74) is -0.813. The van der Waals surface area contributed by atoms with Crippen LogP contribution in [0.3, 0.4) is 0 Å². The zero-order valence-corrected chi connectivity index (χ0v) is 10.0. The summed E-state index contributed by atoms with van der Waals surface area (Å²) in [6, 6.07) is 4.20. The predicted molar refractivity (Wildman–Crippen MR) is 61.3 cm³/mol. The van der Waals surface area contributed by atoms with E-state index >= 15 is 0 Å². The Morgan fingerprint density at radius 1 is 1.26 bits per heavy atom. The topological polar surface area (TPSA) is 50.9 Å². The maximum Gasteiger partial charge on any atom is 0.416 e. The fourth-order valence-electron chi connectivity index (χ4n) is 2.00. The van der Waals surface area contributed by atoms with Crippen LogP contribution in [0.4, 0.5) is 13.2 Å². The van der Waals surface area contributed by atoms with Gasteiger partial charge in [0.2, 0.25) is 0 Å². The van der Waals surface area contributed by atoms with Gasteiger partial charge in [0.05, 0.1) is 11.7 Å². The SMILES string of the molecule is CC(O)C(c1ccccc1C(F)(F)F)n1cncn1. The van der Waals surface area contributed by atoms with Gasteiger partial charge in [0.15, 0.2) is 0 Å². The highest BCUT2D eigenvalue weighted by atomic mass is 19.4. The number of benzene rings is 1. The van der Waals surface area contributed by atoms with Crippen molar-refractivity contribution in [1.29, 1.82) is 0 Å². The first-order valence-electron chi connectivity index (χ1n) is 5.59. The molecule has 1 aromatic carbocycles. The Labute approximate surface area is 107 Å². The second-order valence-electron chi connectivity index (χ2n) is 4.15. The molecule has 0 fully saturated rings. The van der Waals surface area contributed by atoms with Crippen molar-refractivity contribution in [1.82, 2.24) is 14.8 Å². The number of hydrogen-bond donors (Lipinski definition) is 1. The molecule has 0 spiro atoms. The van der Waals surface area contributed by atoms with Gasteiger partial charge in [-0.25, -0.2) is 9.67 Å². The van der Waals surface area contributed by atoms with Crippen LogP contribution in [0.1, 0.15) is 24.1 Å². The van der Waals surface area contributed by atoms with Gasteiger partial charge in [-0.3, -0.25) is 0 Å². The van der Waals surface area contributed by atoms with Gasteiger partial charge in [-0.2, -0.15) is 18.3 Å². The highest BCUT2D eigenvalue weighted by molar-refractivity contribution is 5.33. The van der Waals surface area contributed by atoms with Gasteiger partial charge >= 0.3 is 6.18 Å². The third-order valence-electron chi connectivity index (χ3n) is 2.76. The number of hydrogen-bond acceptors (Lipinski definition) is 3. The van der Waals surface area contributed by atoms with E-state index in [2.05, 4.69) is 10.1 Å². The lowest BCUT2D eigenvalue weighted by Gasteiger charge is -2.23. The number of alkyl halides is 3. The molecule has 0 radical (unpaired) electrons. The van der Waals surface area contributed by atoms with Gasteiger partial charge in [0.1, 0.15) is 18.7 Å². The quantitative estimate of drug-likeness (QED) is 0.931. The minimum atomic E-state index is -4.48. The first-order valence-corrected chi connectivity index (χ1v) is 5.59. The Hall–Kier alpha value is -1.89. The summed E-state index contributed by atoms with van der Waals surface area (Å²) in [6.07, 6.45) is -3.02. The molecular formula is C12H12F3N3O. The fraction of sp³-hybridized carbons (Fsp3) is 0.333. The Bertz CT molecular complexity index is 537. The molecule has 4 nitrogen and oxygen atoms in total. The van der Waals surface area contributed by atoms with E-state index in [1.54, 1.807) is 0 Å². The lowest BCUT2D eigenvalue weighted by Crippen LogP contribution is -2.26. The molecule has 1 aromatic heterocycles. The van der Waals surface area contributed by atoms with E-state index in [9.17, 15) is 18.3 Å². The monoisotopic (exact) mass is 271 g/mol. The lowest BCUT2D eigenvalue weighted by atomic mass is 9.96. The van der Waals surface area contributed by atoms with Gasteiger partial charge in [-0.05, 0) is 18.6 Å². The van der Waals surface area contributed by atoms with Crippen molar-refractivity contribution < 1.29 is 18.3 Å². The van der Waals surface area contributed by atoms with Crippen LogP contribution >= 0.6 is 0 Å². The van der Waals surface area contributed by atoms with E-state index in [-0.39, 0.29) is 5.56 Å². The van der Waals surface area contributed by atoms with Crippen LogP contribution in [0.15, 0.2) is 36.9 Å². The molecule has 2 rings (SSSR count). The van der Waals surface area contributed by atoms with E-state index in [0.717, 1.165) is 6.07 Å². The number of aromatic nitrogens is 3. The van der Waals surface area contributed by atoms with Crippen LogP contribution in [0.25, 0.3) is 0 Å². The largest absolute Gasteiger partial charge is 0.416 e. The van der Waals surface area contributed by atoms with Crippen molar-refractivity contribution in [2.24, 2.45) is 0 Å². The molecule has 102 valence electrons. The van der Waals surface area contributed by atoms with Gasteiger partial charge < -0.3 is 5.11 Å². The maximum atomic E-state index is 13.0. The number of aliphatic hydroxyl groups excluding tert-OH is 1. The van der Waals surface area contributed by atoms with Crippen molar-refractivity contribution in [3.63, 3.8) is 0 Å². The fourth-order valence-corrected chi connectivity index (χ4v) is 2.00. The van der Waals surface area contributed by atoms with Gasteiger partial charge in [-0.1, -0.05) is 18.2 Å². The molecule has 1 N–H and O–H groups in total. The number of aliphatic hydroxyl groups is 1. The van der Waals surface area contributed by atoms with E-state index in [1.165, 1.54) is 42.5 Å². The second-order valence-corrected chi connectivity index (χ2v) is 4.15. The van der Waals surface area contributed by atoms with E-state index in [0.29, 0.717) is 0 Å². The highest BCUT2D eigenvalue weighted by Crippen LogP contribution is 2.36. The summed E-state index contributed by atoms with van der Waals surface area (Å²) in [5, 5.41) is 13.6. The van der Waals surface area contributed by atoms with Crippen LogP contribution in [0, 0.1) is 0 Å². The van der Waals surface area contributed by atoms with Crippen molar-refractivity contribution in [3.8, 4) is 0 Å². The van der Waals surface area contributed by atoms with E-state index in [4.69, 9.17) is 0 Å². The Morgan fingerprint density at radius 2 is 1.95 bits per heavy atom. The highest BCUT2D eigenvalue weighted by Gasteiger charge is 2.36. The normalized spacial score (nSPS) is 15.2. The molecule has 0 bridgehead atoms. The Kier molecular flexibility index (Phi) is 3.57. The minimum Gasteiger partial charge on any atom is -0.391 e. The molecule has 0 amide bonds. The van der Waals surface area contributed by atoms with Crippen molar-refractivity contribution in [2.75, 3.05) is 0 Å². The van der Waals surface area contributed by atoms with Crippen LogP contribution in [0.5, 0.6) is 0 Å². The molecule has 0 aliphatic carbocycles. The average Bonchev–Trinajstić information content (AvgIpc) is 2.81. The first-order chi connectivity index (χ1) is 8.91. The average molecular weight is 271 g/mol. The van der Waals surface area contributed by atoms with Crippen LogP contribution in [-0.2, 0) is 6.18 Å². The first kappa shape index (κ1) is 13.5. The van der Waals surface area contributed by atoms with E-state index in [1.807, 2.05) is 0 Å². The summed E-state index contributed by atoms with van der Waals surface area (Å²) < 4.78 is 40.2. The summed E-state index contributed by atoms with van der Waals surface area (Å²) in [5.74, 6) is 0. The number of nitrogens with zero attached hydrogens (tertiary/aromatic N) is 3. The van der Waals surface area contributed by atoms with Crippen molar-refractivity contribution in [3.05, 3.63) is 48.0 Å². The molecular weight excluding hydrogens is 259 g/mol. The van der Waals surface area contributed by atoms with Crippen molar-refractivity contribution in [2.45, 2.75) is 25.2 Å². The smallest absolute Gasteiger partial charge is 0.391 e. The molecule has 2 aromatic rings. The molecule has 0 aliphatic heterocycles. The number of halogens is 3. The minimum absolute atomic E-state index is 0.0319. The molecule has 0 saturated carbocycles. The van der Waals surface area contributed by atoms with Gasteiger partial charge in [0.25, 0.3) is 0 Å². The predicted octanol–water partition coefficient (Wildman–Crippen LogP) is 2.27. The molecule has 2 unspecified atom stereocenters. The molecule has 0 saturated heterocycles. The Morgan fingerprint density at radius 3 is 2.47 bits per heavy atom. The third kappa shape index (κ3) is 2.76. The summed E-state index contributed by atoms with van der Waals surface area (Å²) in [6.45, 7) is 1.42. The zero-order chi connectivity index (χ0) is 14.0. The summed E-state index contributed by atoms with van der Waals surface area (Å²) in [4.78, 5) is 3.70. The van der Waals surface area contributed by atoms with Crippen LogP contribution in [-0.4, -0.2) is 26.0 Å². The molecule has 7 heteroatoms. The maximum absolute atomic E-state index is 13.0. The molecule has 19 heavy (non-hydrogen) atoms. The van der Waals surface area contributed by atoms with Crippen LogP contribution in [0.2, 0.25) is 0 Å². The van der Waals surface area contributed by atoms with Gasteiger partial charge in [-0.15, -0.1) is 0 Å². The standard InChI is InChI=1S/C12H12F3N3O/c1-8(19)11(18-7-16-6-17-18)9-4-2-3-5-10(9)12(13,14)15/h2-8,11,19H,1H3. The molecule has 0 aliphatic rings. The second kappa shape index (κ2) is 5.00. The zero-order valence-electron chi connectivity index (χ0n) is 10.0. The Balaban J connectivity index is 2.55. The van der Waals surface area contributed by atoms with Crippen LogP contribution < -0.4 is 0 Å². The van der Waals surface area contributed by atoms with E-state index < -0.39 is 23.9 Å². The number of rotatable bonds is 3. The lowest BCUT2D eigenvalue weighted by molar-refractivity contribution is -0.138. The summed E-state index contributed by atoms with van der Waals surface area (Å²) in [7, 11) is 0. The summed E-state index contributed by atoms with van der Waals surface area (Å²) >= 11 is 0. The van der Waals surface area contributed by atoms with Crippen molar-refractivity contribution >= 4 is 0 Å².